The molecule has 26 heteroatoms. The molecule has 0 aromatic heterocycles. The summed E-state index contributed by atoms with van der Waals surface area (Å²) in [7, 11) is 9.85. The number of amides is 11. The topological polar surface area (TPSA) is 305 Å². The van der Waals surface area contributed by atoms with Crippen molar-refractivity contribution in [2.75, 3.05) is 74.0 Å². The van der Waals surface area contributed by atoms with Gasteiger partial charge in [-0.25, -0.2) is 0 Å². The molecule has 25 nitrogen and oxygen atoms in total. The fourth-order valence-corrected chi connectivity index (χ4v) is 11.7. The van der Waals surface area contributed by atoms with E-state index >= 15 is 14.4 Å². The first kappa shape index (κ1) is 82.7. The van der Waals surface area contributed by atoms with Crippen LogP contribution in [0.25, 0.3) is 0 Å². The molecule has 1 aliphatic rings. The quantitative estimate of drug-likeness (QED) is 0.0627. The Morgan fingerprint density at radius 1 is 0.505 bits per heavy atom. The third-order valence-electron chi connectivity index (χ3n) is 16.6. The SMILES string of the molecule is CC[C@@H]1NC(=O)C([C@H](O)[C@H](C)C/C=C/CSCCOC=O)N(C)C(=O)C(C(C)C)N(C)C(=O)[C@H](CC(C)C)N(C)C(=O)[C@H](CC(C)C)N(C)C(=O)[C@H](C)NC(=O)[C@H](C)NC(=O)[C@H](CC(C)C)N(C)C(=O)[C@H](C(C)C)NC(=O)[C@H](CC(C)C)N(C)C(=O)CN(C)C1=O. The van der Waals surface area contributed by atoms with Gasteiger partial charge < -0.3 is 65.4 Å². The van der Waals surface area contributed by atoms with Gasteiger partial charge in [-0.15, -0.1) is 0 Å². The Labute approximate surface area is 547 Å². The molecule has 1 heterocycles. The monoisotopic (exact) mass is 1310 g/mol. The minimum Gasteiger partial charge on any atom is -0.467 e. The average Bonchev–Trinajstić information content (AvgIpc) is 0.838. The summed E-state index contributed by atoms with van der Waals surface area (Å²) in [5, 5.41) is 23.3. The number of thioether (sulfide) groups is 1. The number of hydrogen-bond acceptors (Lipinski definition) is 15. The van der Waals surface area contributed by atoms with Gasteiger partial charge >= 0.3 is 0 Å². The molecule has 1 saturated heterocycles. The summed E-state index contributed by atoms with van der Waals surface area (Å²) >= 11 is 1.50. The van der Waals surface area contributed by atoms with Crippen molar-refractivity contribution in [1.29, 1.82) is 0 Å². The number of nitrogens with zero attached hydrogens (tertiary/aromatic N) is 7. The van der Waals surface area contributed by atoms with Crippen LogP contribution < -0.4 is 21.3 Å². The maximum absolute atomic E-state index is 15.3. The largest absolute Gasteiger partial charge is 0.467 e. The molecule has 11 amide bonds. The van der Waals surface area contributed by atoms with Gasteiger partial charge in [0, 0.05) is 60.8 Å². The van der Waals surface area contributed by atoms with Crippen molar-refractivity contribution in [2.24, 2.45) is 41.4 Å². The molecule has 0 saturated carbocycles. The number of ether oxygens (including phenoxy) is 1. The molecule has 0 bridgehead atoms. The lowest BCUT2D eigenvalue weighted by Gasteiger charge is -2.41. The predicted octanol–water partition coefficient (Wildman–Crippen LogP) is 3.16. The molecule has 91 heavy (non-hydrogen) atoms. The zero-order valence-corrected chi connectivity index (χ0v) is 59.8. The fourth-order valence-electron chi connectivity index (χ4n) is 11.0. The van der Waals surface area contributed by atoms with Gasteiger partial charge in [-0.1, -0.05) is 109 Å². The van der Waals surface area contributed by atoms with E-state index in [1.807, 2.05) is 67.5 Å². The molecule has 0 radical (unpaired) electrons. The van der Waals surface area contributed by atoms with Gasteiger partial charge in [0.15, 0.2) is 0 Å². The van der Waals surface area contributed by atoms with Crippen molar-refractivity contribution in [3.63, 3.8) is 0 Å². The number of allylic oxidation sites excluding steroid dienone is 1. The van der Waals surface area contributed by atoms with Gasteiger partial charge in [-0.05, 0) is 93.8 Å². The predicted molar refractivity (Wildman–Crippen MR) is 352 cm³/mol. The summed E-state index contributed by atoms with van der Waals surface area (Å²) in [6.07, 6.45) is 2.90. The minimum atomic E-state index is -1.67. The van der Waals surface area contributed by atoms with Crippen LogP contribution in [0.2, 0.25) is 0 Å². The number of hydrogen-bond donors (Lipinski definition) is 5. The van der Waals surface area contributed by atoms with E-state index < -0.39 is 156 Å². The fraction of sp³-hybridized carbons (Fsp3) is 0.785. The lowest BCUT2D eigenvalue weighted by Crippen LogP contribution is -2.63. The lowest BCUT2D eigenvalue weighted by molar-refractivity contribution is -0.157. The molecule has 0 spiro atoms. The molecule has 1 rings (SSSR count). The van der Waals surface area contributed by atoms with Crippen LogP contribution in [0.4, 0.5) is 0 Å². The Bertz CT molecular complexity index is 2480. The van der Waals surface area contributed by atoms with Gasteiger partial charge in [0.1, 0.15) is 67.0 Å². The van der Waals surface area contributed by atoms with E-state index in [9.17, 15) is 48.3 Å². The number of carbonyl (C=O) groups is 12. The molecule has 1 fully saturated rings. The third-order valence-corrected chi connectivity index (χ3v) is 17.5. The average molecular weight is 1310 g/mol. The highest BCUT2D eigenvalue weighted by Crippen LogP contribution is 2.26. The number of aliphatic hydroxyl groups excluding tert-OH is 1. The van der Waals surface area contributed by atoms with Crippen LogP contribution in [0.15, 0.2) is 12.2 Å². The van der Waals surface area contributed by atoms with E-state index in [2.05, 4.69) is 21.3 Å². The number of nitrogens with one attached hydrogen (secondary N) is 4. The van der Waals surface area contributed by atoms with Crippen molar-refractivity contribution in [1.82, 2.24) is 55.6 Å². The summed E-state index contributed by atoms with van der Waals surface area (Å²) in [4.78, 5) is 180. The Kier molecular flexibility index (Phi) is 35.7. The Balaban J connectivity index is 4.33. The first-order valence-electron chi connectivity index (χ1n) is 32.2. The molecule has 0 aromatic carbocycles. The van der Waals surface area contributed by atoms with Crippen molar-refractivity contribution < 1.29 is 67.4 Å². The van der Waals surface area contributed by atoms with E-state index in [0.29, 0.717) is 18.0 Å². The van der Waals surface area contributed by atoms with Crippen LogP contribution in [0.3, 0.4) is 0 Å². The van der Waals surface area contributed by atoms with Gasteiger partial charge in [0.05, 0.1) is 12.6 Å². The van der Waals surface area contributed by atoms with Crippen LogP contribution in [0.5, 0.6) is 0 Å². The molecule has 12 atom stereocenters. The zero-order chi connectivity index (χ0) is 70.2. The molecule has 1 aliphatic heterocycles. The second-order valence-corrected chi connectivity index (χ2v) is 28.2. The summed E-state index contributed by atoms with van der Waals surface area (Å²) in [5.74, 6) is -9.00. The number of aliphatic hydroxyl groups is 1. The van der Waals surface area contributed by atoms with Crippen LogP contribution in [0.1, 0.15) is 149 Å². The lowest BCUT2D eigenvalue weighted by atomic mass is 9.91. The van der Waals surface area contributed by atoms with Crippen LogP contribution in [-0.2, 0) is 62.3 Å². The van der Waals surface area contributed by atoms with E-state index in [1.54, 1.807) is 41.5 Å². The van der Waals surface area contributed by atoms with Crippen LogP contribution >= 0.6 is 11.8 Å². The smallest absolute Gasteiger partial charge is 0.293 e. The van der Waals surface area contributed by atoms with Crippen molar-refractivity contribution >= 4 is 83.2 Å². The Morgan fingerprint density at radius 2 is 0.956 bits per heavy atom. The number of carbonyl (C=O) groups excluding carboxylic acids is 12. The van der Waals surface area contributed by atoms with Crippen LogP contribution in [-0.4, -0.2) is 251 Å². The normalized spacial score (nSPS) is 25.8. The Hall–Kier alpha value is -6.31. The number of likely N-dealkylation sites (N-methyl/N-ethyl adjacent to an activating group) is 7. The third kappa shape index (κ3) is 24.9. The standard InChI is InChI=1S/C65H115N11O14S/c1-24-46-61(85)70(17)35-51(78)71(18)47(31-37(2)3)58(82)69-52(41(10)11)64(88)72(19)48(32-38(4)5)57(81)66-44(15)56(80)67-45(16)60(84)73(20)49(33-39(6)7)62(86)74(21)50(34-40(8)9)63(87)75(22)53(42(12)13)65(89)76(23)54(59(83)68-46)55(79)43(14)27-25-26-29-91-30-28-90-36-77/h25-26,36-50,52-55,79H,24,27-35H2,1-23H3,(H,66,81)(H,67,80)(H,68,83)(H,69,82)/b26-25+/t43-,44+,45+,46+,47+,48+,49+,50+,52+,53?,54?,55-/m1/s1. The molecule has 5 N–H and O–H groups in total. The van der Waals surface area contributed by atoms with Crippen molar-refractivity contribution in [3.05, 3.63) is 12.2 Å². The molecular formula is C65H115N11O14S. The highest BCUT2D eigenvalue weighted by molar-refractivity contribution is 7.99. The first-order valence-corrected chi connectivity index (χ1v) is 33.4. The maximum atomic E-state index is 15.3. The summed E-state index contributed by atoms with van der Waals surface area (Å²) < 4.78 is 4.76. The Morgan fingerprint density at radius 3 is 1.44 bits per heavy atom. The van der Waals surface area contributed by atoms with Crippen molar-refractivity contribution in [2.45, 2.75) is 216 Å². The van der Waals surface area contributed by atoms with Gasteiger partial charge in [-0.3, -0.25) is 57.5 Å². The molecule has 0 aliphatic carbocycles. The highest BCUT2D eigenvalue weighted by atomic mass is 32.2. The second kappa shape index (κ2) is 39.3. The highest BCUT2D eigenvalue weighted by Gasteiger charge is 2.46. The molecule has 2 unspecified atom stereocenters. The first-order chi connectivity index (χ1) is 42.2. The van der Waals surface area contributed by atoms with E-state index in [-0.39, 0.29) is 68.8 Å². The zero-order valence-electron chi connectivity index (χ0n) is 59.0. The molecule has 0 aromatic rings. The minimum absolute atomic E-state index is 0.00518. The molecular weight excluding hydrogens is 1190 g/mol. The maximum Gasteiger partial charge on any atom is 0.293 e. The van der Waals surface area contributed by atoms with Crippen LogP contribution in [0, 0.1) is 41.4 Å². The summed E-state index contributed by atoms with van der Waals surface area (Å²) in [5.41, 5.74) is 0. The van der Waals surface area contributed by atoms with Gasteiger partial charge in [-0.2, -0.15) is 11.8 Å². The van der Waals surface area contributed by atoms with Gasteiger partial charge in [0.2, 0.25) is 65.0 Å². The van der Waals surface area contributed by atoms with Crippen molar-refractivity contribution in [3.8, 4) is 0 Å². The second-order valence-electron chi connectivity index (χ2n) is 27.0. The number of rotatable bonds is 21. The summed E-state index contributed by atoms with van der Waals surface area (Å²) in [6, 6.07) is -12.6. The van der Waals surface area contributed by atoms with E-state index in [0.717, 1.165) is 9.80 Å². The molecule has 520 valence electrons. The van der Waals surface area contributed by atoms with Gasteiger partial charge in [0.25, 0.3) is 6.47 Å². The van der Waals surface area contributed by atoms with E-state index in [1.165, 1.54) is 99.4 Å². The van der Waals surface area contributed by atoms with E-state index in [4.69, 9.17) is 4.74 Å². The summed E-state index contributed by atoms with van der Waals surface area (Å²) in [6.45, 7) is 28.0.